The van der Waals surface area contributed by atoms with Gasteiger partial charge in [-0.25, -0.2) is 9.59 Å². The molecule has 0 aromatic heterocycles. The van der Waals surface area contributed by atoms with Crippen LogP contribution < -0.4 is 16.0 Å². The van der Waals surface area contributed by atoms with Crippen molar-refractivity contribution < 1.29 is 62.0 Å². The molecule has 0 unspecified atom stereocenters. The van der Waals surface area contributed by atoms with Crippen molar-refractivity contribution in [3.8, 4) is 0 Å². The summed E-state index contributed by atoms with van der Waals surface area (Å²) in [6.07, 6.45) is -4.64. The van der Waals surface area contributed by atoms with Crippen molar-refractivity contribution in [2.45, 2.75) is 109 Å². The Labute approximate surface area is 288 Å². The zero-order valence-electron chi connectivity index (χ0n) is 28.8. The van der Waals surface area contributed by atoms with Gasteiger partial charge in [0.2, 0.25) is 11.8 Å². The van der Waals surface area contributed by atoms with Gasteiger partial charge < -0.3 is 44.4 Å². The van der Waals surface area contributed by atoms with E-state index in [1.807, 2.05) is 0 Å². The van der Waals surface area contributed by atoms with E-state index in [4.69, 9.17) is 28.4 Å². The highest BCUT2D eigenvalue weighted by atomic mass is 32.2. The Bertz CT molecular complexity index is 1340. The summed E-state index contributed by atoms with van der Waals surface area (Å²) in [5.74, 6) is -4.53. The van der Waals surface area contributed by atoms with E-state index < -0.39 is 95.9 Å². The summed E-state index contributed by atoms with van der Waals surface area (Å²) in [7, 11) is 0. The number of amides is 3. The topological polar surface area (TPSA) is 211 Å². The van der Waals surface area contributed by atoms with Crippen molar-refractivity contribution in [1.29, 1.82) is 0 Å². The lowest BCUT2D eigenvalue weighted by atomic mass is 9.97. The minimum atomic E-state index is -1.32. The summed E-state index contributed by atoms with van der Waals surface area (Å²) < 4.78 is 32.9. The predicted molar refractivity (Wildman–Crippen MR) is 173 cm³/mol. The number of esters is 4. The molecule has 3 N–H and O–H groups in total. The second-order valence-electron chi connectivity index (χ2n) is 12.1. The third-order valence-electron chi connectivity index (χ3n) is 6.45. The molecule has 17 heteroatoms. The van der Waals surface area contributed by atoms with E-state index >= 15 is 0 Å². The third kappa shape index (κ3) is 14.7. The van der Waals surface area contributed by atoms with Crippen LogP contribution in [0.25, 0.3) is 0 Å². The third-order valence-corrected chi connectivity index (χ3v) is 7.71. The molecular formula is C32H45N3O13S. The summed E-state index contributed by atoms with van der Waals surface area (Å²) in [5.41, 5.74) is -1.25. The summed E-state index contributed by atoms with van der Waals surface area (Å²) in [6.45, 7) is 10.5. The summed E-state index contributed by atoms with van der Waals surface area (Å²) in [5, 5.41) is 7.63. The highest BCUT2D eigenvalue weighted by Gasteiger charge is 2.51. The number of hydrogen-bond acceptors (Lipinski definition) is 14. The molecule has 1 fully saturated rings. The number of rotatable bonds is 14. The molecule has 2 rings (SSSR count). The molecule has 1 aromatic rings. The molecule has 272 valence electrons. The fourth-order valence-electron chi connectivity index (χ4n) is 4.47. The molecule has 7 atom stereocenters. The van der Waals surface area contributed by atoms with E-state index in [9.17, 15) is 33.6 Å². The maximum absolute atomic E-state index is 13.4. The molecule has 16 nitrogen and oxygen atoms in total. The Morgan fingerprint density at radius 3 is 2.02 bits per heavy atom. The first-order valence-electron chi connectivity index (χ1n) is 15.4. The van der Waals surface area contributed by atoms with Gasteiger partial charge in [0, 0.05) is 33.4 Å². The molecule has 3 amide bonds. The van der Waals surface area contributed by atoms with E-state index in [1.165, 1.54) is 13.8 Å². The molecule has 0 bridgehead atoms. The monoisotopic (exact) mass is 711 g/mol. The SMILES string of the molecule is CC(=O)N[C@@H]1[C@@H](OC(C)=O)[C@H](OC(C)=O)[C@@H](COC(C)=O)O[C@@H]1SC[C@H](NC(=O)[C@H](C)NC(=O)OC(C)(C)C)C(=O)OCc1ccccc1. The number of nitrogens with one attached hydrogen (secondary N) is 3. The van der Waals surface area contributed by atoms with Gasteiger partial charge in [-0.05, 0) is 33.3 Å². The van der Waals surface area contributed by atoms with Gasteiger partial charge in [-0.3, -0.25) is 24.0 Å². The van der Waals surface area contributed by atoms with Crippen molar-refractivity contribution >= 4 is 53.5 Å². The van der Waals surface area contributed by atoms with Gasteiger partial charge in [0.25, 0.3) is 0 Å². The number of thioether (sulfide) groups is 1. The molecule has 0 radical (unpaired) electrons. The molecule has 1 aliphatic heterocycles. The fraction of sp³-hybridized carbons (Fsp3) is 0.594. The number of benzene rings is 1. The molecule has 1 aliphatic rings. The van der Waals surface area contributed by atoms with E-state index in [1.54, 1.807) is 51.1 Å². The van der Waals surface area contributed by atoms with Crippen molar-refractivity contribution in [3.05, 3.63) is 35.9 Å². The molecule has 1 heterocycles. The highest BCUT2D eigenvalue weighted by Crippen LogP contribution is 2.33. The van der Waals surface area contributed by atoms with Gasteiger partial charge in [0.1, 0.15) is 48.5 Å². The fourth-order valence-corrected chi connectivity index (χ4v) is 5.72. The summed E-state index contributed by atoms with van der Waals surface area (Å²) >= 11 is 0.934. The molecule has 1 aromatic carbocycles. The smallest absolute Gasteiger partial charge is 0.408 e. The first kappa shape index (κ1) is 40.8. The Hall–Kier alpha value is -4.38. The van der Waals surface area contributed by atoms with Gasteiger partial charge in [0.05, 0.1) is 0 Å². The Morgan fingerprint density at radius 2 is 1.47 bits per heavy atom. The highest BCUT2D eigenvalue weighted by molar-refractivity contribution is 7.99. The maximum Gasteiger partial charge on any atom is 0.408 e. The Kier molecular flexibility index (Phi) is 15.8. The van der Waals surface area contributed by atoms with Crippen LogP contribution in [0.2, 0.25) is 0 Å². The van der Waals surface area contributed by atoms with Crippen LogP contribution in [0.1, 0.15) is 61.0 Å². The average molecular weight is 712 g/mol. The maximum atomic E-state index is 13.4. The second-order valence-corrected chi connectivity index (χ2v) is 13.2. The van der Waals surface area contributed by atoms with Crippen LogP contribution in [-0.4, -0.2) is 102 Å². The molecule has 49 heavy (non-hydrogen) atoms. The standard InChI is InChI=1S/C32H45N3O13S/c1-17(33-31(42)48-32(6,7)8)28(40)35-23(29(41)44-14-22-12-10-9-11-13-22)16-49-30-25(34-18(2)36)27(46-21(5)39)26(45-20(4)38)24(47-30)15-43-19(3)37/h9-13,17,23-27,30H,14-16H2,1-8H3,(H,33,42)(H,34,36)(H,35,40)/t17-,23-,24+,25+,26+,27+,30+/m0/s1. The van der Waals surface area contributed by atoms with Crippen molar-refractivity contribution in [2.75, 3.05) is 12.4 Å². The van der Waals surface area contributed by atoms with Gasteiger partial charge in [-0.15, -0.1) is 11.8 Å². The summed E-state index contributed by atoms with van der Waals surface area (Å²) in [6, 6.07) is 5.21. The first-order valence-corrected chi connectivity index (χ1v) is 16.4. The predicted octanol–water partition coefficient (Wildman–Crippen LogP) is 1.52. The number of ether oxygens (including phenoxy) is 6. The van der Waals surface area contributed by atoms with Crippen molar-refractivity contribution in [2.24, 2.45) is 0 Å². The number of carbonyl (C=O) groups is 7. The van der Waals surface area contributed by atoms with E-state index in [2.05, 4.69) is 16.0 Å². The van der Waals surface area contributed by atoms with Gasteiger partial charge in [0.15, 0.2) is 12.2 Å². The molecule has 1 saturated heterocycles. The second kappa shape index (κ2) is 19.0. The minimum Gasteiger partial charge on any atom is -0.463 e. The van der Waals surface area contributed by atoms with E-state index in [0.717, 1.165) is 32.5 Å². The zero-order valence-corrected chi connectivity index (χ0v) is 29.6. The minimum absolute atomic E-state index is 0.111. The molecule has 0 aliphatic carbocycles. The van der Waals surface area contributed by atoms with Crippen LogP contribution >= 0.6 is 11.8 Å². The number of alkyl carbamates (subject to hydrolysis) is 1. The van der Waals surface area contributed by atoms with Crippen LogP contribution in [0.5, 0.6) is 0 Å². The van der Waals surface area contributed by atoms with Gasteiger partial charge in [-0.1, -0.05) is 30.3 Å². The van der Waals surface area contributed by atoms with Crippen LogP contribution in [0.15, 0.2) is 30.3 Å². The lowest BCUT2D eigenvalue weighted by molar-refractivity contribution is -0.211. The average Bonchev–Trinajstić information content (AvgIpc) is 2.98. The Balaban J connectivity index is 2.39. The van der Waals surface area contributed by atoms with Crippen LogP contribution in [0, 0.1) is 0 Å². The normalized spacial score (nSPS) is 21.5. The number of carbonyl (C=O) groups excluding carboxylic acids is 7. The quantitative estimate of drug-likeness (QED) is 0.185. The zero-order chi connectivity index (χ0) is 36.9. The Morgan fingerprint density at radius 1 is 0.857 bits per heavy atom. The lowest BCUT2D eigenvalue weighted by Gasteiger charge is -2.45. The van der Waals surface area contributed by atoms with Crippen LogP contribution in [0.3, 0.4) is 0 Å². The van der Waals surface area contributed by atoms with Gasteiger partial charge >= 0.3 is 30.0 Å². The largest absolute Gasteiger partial charge is 0.463 e. The van der Waals surface area contributed by atoms with Crippen molar-refractivity contribution in [1.82, 2.24) is 16.0 Å². The van der Waals surface area contributed by atoms with E-state index in [-0.39, 0.29) is 12.4 Å². The van der Waals surface area contributed by atoms with Crippen LogP contribution in [0.4, 0.5) is 4.79 Å². The molecule has 0 saturated carbocycles. The first-order chi connectivity index (χ1) is 22.9. The summed E-state index contributed by atoms with van der Waals surface area (Å²) in [4.78, 5) is 87.0. The van der Waals surface area contributed by atoms with Gasteiger partial charge in [-0.2, -0.15) is 0 Å². The van der Waals surface area contributed by atoms with E-state index in [0.29, 0.717) is 5.56 Å². The van der Waals surface area contributed by atoms with Crippen molar-refractivity contribution in [3.63, 3.8) is 0 Å². The number of hydrogen-bond donors (Lipinski definition) is 3. The molecular weight excluding hydrogens is 666 g/mol. The van der Waals surface area contributed by atoms with Crippen LogP contribution in [-0.2, 0) is 63.8 Å². The lowest BCUT2D eigenvalue weighted by Crippen LogP contribution is -2.65. The molecule has 0 spiro atoms.